The van der Waals surface area contributed by atoms with E-state index in [1.165, 1.54) is 19.3 Å². The summed E-state index contributed by atoms with van der Waals surface area (Å²) in [5.41, 5.74) is 1.81. The second kappa shape index (κ2) is 9.36. The van der Waals surface area contributed by atoms with Gasteiger partial charge in [0.2, 0.25) is 5.91 Å². The summed E-state index contributed by atoms with van der Waals surface area (Å²) < 4.78 is 2.84. The minimum absolute atomic E-state index is 0.0558. The predicted octanol–water partition coefficient (Wildman–Crippen LogP) is 6.23. The molecular weight excluding hydrogens is 390 g/mol. The quantitative estimate of drug-likeness (QED) is 0.515. The summed E-state index contributed by atoms with van der Waals surface area (Å²) in [5, 5.41) is 7.80. The van der Waals surface area contributed by atoms with Crippen LogP contribution in [-0.4, -0.2) is 15.7 Å². The van der Waals surface area contributed by atoms with E-state index in [9.17, 15) is 4.79 Å². The Labute approximate surface area is 165 Å². The average Bonchev–Trinajstić information content (AvgIpc) is 2.99. The van der Waals surface area contributed by atoms with E-state index >= 15 is 0 Å². The van der Waals surface area contributed by atoms with Crippen LogP contribution in [0.5, 0.6) is 0 Å². The van der Waals surface area contributed by atoms with Crippen molar-refractivity contribution < 1.29 is 4.79 Å². The summed E-state index contributed by atoms with van der Waals surface area (Å²) in [7, 11) is 0. The fraction of sp³-hybridized carbons (Fsp3) is 0.524. The highest BCUT2D eigenvalue weighted by Gasteiger charge is 2.21. The molecule has 2 aromatic rings. The Kier molecular flexibility index (Phi) is 7.44. The van der Waals surface area contributed by atoms with Crippen molar-refractivity contribution in [3.8, 4) is 5.69 Å². The van der Waals surface area contributed by atoms with Gasteiger partial charge in [0.05, 0.1) is 11.4 Å². The lowest BCUT2D eigenvalue weighted by Crippen LogP contribution is -2.14. The molecule has 5 heteroatoms. The van der Waals surface area contributed by atoms with Crippen LogP contribution in [0.15, 0.2) is 34.8 Å². The average molecular weight is 420 g/mol. The Morgan fingerprint density at radius 3 is 2.38 bits per heavy atom. The van der Waals surface area contributed by atoms with Crippen LogP contribution < -0.4 is 5.32 Å². The fourth-order valence-electron chi connectivity index (χ4n) is 2.71. The summed E-state index contributed by atoms with van der Waals surface area (Å²) in [6, 6.07) is 9.92. The molecule has 0 aliphatic rings. The molecule has 1 aromatic heterocycles. The number of carbonyl (C=O) groups is 1. The molecule has 1 heterocycles. The first-order valence-corrected chi connectivity index (χ1v) is 10.3. The number of nitrogens with one attached hydrogen (secondary N) is 1. The fourth-order valence-corrected chi connectivity index (χ4v) is 2.97. The SMILES string of the molecule is CCCCCCCC(=O)Nc1cc(C(C)(C)C)nn1-c1ccc(Br)cc1. The third-order valence-corrected chi connectivity index (χ3v) is 4.85. The number of rotatable bonds is 8. The zero-order valence-corrected chi connectivity index (χ0v) is 17.9. The first kappa shape index (κ1) is 20.7. The molecule has 0 unspecified atom stereocenters. The number of anilines is 1. The lowest BCUT2D eigenvalue weighted by atomic mass is 9.92. The molecule has 0 spiro atoms. The number of halogens is 1. The van der Waals surface area contributed by atoms with E-state index in [1.54, 1.807) is 0 Å². The van der Waals surface area contributed by atoms with Crippen LogP contribution >= 0.6 is 15.9 Å². The molecule has 0 radical (unpaired) electrons. The van der Waals surface area contributed by atoms with Gasteiger partial charge >= 0.3 is 0 Å². The van der Waals surface area contributed by atoms with Gasteiger partial charge in [0, 0.05) is 22.4 Å². The molecule has 1 amide bonds. The standard InChI is InChI=1S/C21H30BrN3O/c1-5-6-7-8-9-10-20(26)23-19-15-18(21(2,3)4)24-25(19)17-13-11-16(22)12-14-17/h11-15H,5-10H2,1-4H3,(H,23,26). The molecule has 0 saturated carbocycles. The Hall–Kier alpha value is -1.62. The van der Waals surface area contributed by atoms with Gasteiger partial charge in [-0.15, -0.1) is 0 Å². The molecule has 0 aliphatic heterocycles. The predicted molar refractivity (Wildman–Crippen MR) is 112 cm³/mol. The normalized spacial score (nSPS) is 11.6. The minimum atomic E-state index is -0.0831. The molecular formula is C21H30BrN3O. The molecule has 0 atom stereocenters. The number of unbranched alkanes of at least 4 members (excludes halogenated alkanes) is 4. The highest BCUT2D eigenvalue weighted by atomic mass is 79.9. The van der Waals surface area contributed by atoms with Crippen LogP contribution in [0.3, 0.4) is 0 Å². The number of aromatic nitrogens is 2. The van der Waals surface area contributed by atoms with Gasteiger partial charge in [0.25, 0.3) is 0 Å². The lowest BCUT2D eigenvalue weighted by molar-refractivity contribution is -0.116. The Morgan fingerprint density at radius 1 is 1.12 bits per heavy atom. The molecule has 0 bridgehead atoms. The van der Waals surface area contributed by atoms with E-state index in [4.69, 9.17) is 5.10 Å². The van der Waals surface area contributed by atoms with Crippen molar-refractivity contribution in [2.75, 3.05) is 5.32 Å². The van der Waals surface area contributed by atoms with Gasteiger partial charge in [0.1, 0.15) is 5.82 Å². The zero-order valence-electron chi connectivity index (χ0n) is 16.3. The van der Waals surface area contributed by atoms with E-state index in [0.29, 0.717) is 6.42 Å². The molecule has 26 heavy (non-hydrogen) atoms. The van der Waals surface area contributed by atoms with Gasteiger partial charge in [0.15, 0.2) is 0 Å². The number of nitrogens with zero attached hydrogens (tertiary/aromatic N) is 2. The van der Waals surface area contributed by atoms with Gasteiger partial charge in [-0.1, -0.05) is 69.3 Å². The summed E-state index contributed by atoms with van der Waals surface area (Å²) in [6.07, 6.45) is 6.26. The molecule has 0 aliphatic carbocycles. The highest BCUT2D eigenvalue weighted by Crippen LogP contribution is 2.27. The van der Waals surface area contributed by atoms with Gasteiger partial charge < -0.3 is 5.32 Å². The van der Waals surface area contributed by atoms with E-state index in [1.807, 2.05) is 35.0 Å². The van der Waals surface area contributed by atoms with Crippen LogP contribution in [0, 0.1) is 0 Å². The Balaban J connectivity index is 2.14. The van der Waals surface area contributed by atoms with Crippen molar-refractivity contribution in [2.24, 2.45) is 0 Å². The monoisotopic (exact) mass is 419 g/mol. The number of benzene rings is 1. The minimum Gasteiger partial charge on any atom is -0.311 e. The van der Waals surface area contributed by atoms with Crippen molar-refractivity contribution in [1.29, 1.82) is 0 Å². The Morgan fingerprint density at radius 2 is 1.77 bits per heavy atom. The molecule has 4 nitrogen and oxygen atoms in total. The Bertz CT molecular complexity index is 714. The van der Waals surface area contributed by atoms with Crippen LogP contribution in [0.1, 0.15) is 71.9 Å². The van der Waals surface area contributed by atoms with E-state index in [0.717, 1.165) is 34.5 Å². The first-order valence-electron chi connectivity index (χ1n) is 9.47. The van der Waals surface area contributed by atoms with Crippen molar-refractivity contribution in [3.05, 3.63) is 40.5 Å². The number of hydrogen-bond donors (Lipinski definition) is 1. The maximum Gasteiger partial charge on any atom is 0.225 e. The smallest absolute Gasteiger partial charge is 0.225 e. The third kappa shape index (κ3) is 5.97. The molecule has 1 aromatic carbocycles. The molecule has 0 saturated heterocycles. The second-order valence-corrected chi connectivity index (χ2v) is 8.68. The van der Waals surface area contributed by atoms with E-state index in [-0.39, 0.29) is 11.3 Å². The summed E-state index contributed by atoms with van der Waals surface area (Å²) >= 11 is 3.46. The van der Waals surface area contributed by atoms with Crippen molar-refractivity contribution in [2.45, 2.75) is 71.6 Å². The van der Waals surface area contributed by atoms with E-state index in [2.05, 4.69) is 48.9 Å². The van der Waals surface area contributed by atoms with Gasteiger partial charge in [-0.2, -0.15) is 5.10 Å². The van der Waals surface area contributed by atoms with Crippen LogP contribution in [0.25, 0.3) is 5.69 Å². The maximum atomic E-state index is 12.4. The number of amides is 1. The number of carbonyl (C=O) groups excluding carboxylic acids is 1. The summed E-state index contributed by atoms with van der Waals surface area (Å²) in [4.78, 5) is 12.4. The maximum absolute atomic E-state index is 12.4. The number of hydrogen-bond acceptors (Lipinski definition) is 2. The van der Waals surface area contributed by atoms with Crippen molar-refractivity contribution in [3.63, 3.8) is 0 Å². The first-order chi connectivity index (χ1) is 12.3. The van der Waals surface area contributed by atoms with Gasteiger partial charge in [-0.05, 0) is 30.7 Å². The molecule has 2 rings (SSSR count). The molecule has 142 valence electrons. The summed E-state index contributed by atoms with van der Waals surface area (Å²) in [5.74, 6) is 0.788. The lowest BCUT2D eigenvalue weighted by Gasteiger charge is -2.14. The zero-order chi connectivity index (χ0) is 19.2. The van der Waals surface area contributed by atoms with Crippen molar-refractivity contribution >= 4 is 27.7 Å². The second-order valence-electron chi connectivity index (χ2n) is 7.77. The largest absolute Gasteiger partial charge is 0.311 e. The summed E-state index contributed by atoms with van der Waals surface area (Å²) in [6.45, 7) is 8.57. The third-order valence-electron chi connectivity index (χ3n) is 4.32. The topological polar surface area (TPSA) is 46.9 Å². The molecule has 1 N–H and O–H groups in total. The highest BCUT2D eigenvalue weighted by molar-refractivity contribution is 9.10. The van der Waals surface area contributed by atoms with Crippen LogP contribution in [-0.2, 0) is 10.2 Å². The van der Waals surface area contributed by atoms with Crippen LogP contribution in [0.2, 0.25) is 0 Å². The van der Waals surface area contributed by atoms with Gasteiger partial charge in [-0.25, -0.2) is 4.68 Å². The van der Waals surface area contributed by atoms with E-state index < -0.39 is 0 Å². The van der Waals surface area contributed by atoms with Crippen molar-refractivity contribution in [1.82, 2.24) is 9.78 Å². The molecule has 0 fully saturated rings. The van der Waals surface area contributed by atoms with Crippen LogP contribution in [0.4, 0.5) is 5.82 Å². The van der Waals surface area contributed by atoms with Gasteiger partial charge in [-0.3, -0.25) is 4.79 Å².